The summed E-state index contributed by atoms with van der Waals surface area (Å²) in [6.45, 7) is 0.786. The summed E-state index contributed by atoms with van der Waals surface area (Å²) < 4.78 is 0. The van der Waals surface area contributed by atoms with Gasteiger partial charge < -0.3 is 11.1 Å². The summed E-state index contributed by atoms with van der Waals surface area (Å²) in [4.78, 5) is 4.39. The molecule has 1 heterocycles. The highest BCUT2D eigenvalue weighted by Crippen LogP contribution is 2.37. The van der Waals surface area contributed by atoms with E-state index >= 15 is 0 Å². The second kappa shape index (κ2) is 6.27. The molecule has 1 spiro atoms. The topological polar surface area (TPSA) is 50.4 Å². The average molecular weight is 353 g/mol. The molecule has 3 aromatic carbocycles. The van der Waals surface area contributed by atoms with Crippen molar-refractivity contribution in [1.82, 2.24) is 5.32 Å². The number of hydrogen-bond donors (Lipinski definition) is 2. The Balaban J connectivity index is 1.46. The lowest BCUT2D eigenvalue weighted by Crippen LogP contribution is -2.51. The maximum atomic E-state index is 5.88. The largest absolute Gasteiger partial charge is 0.370 e. The van der Waals surface area contributed by atoms with Gasteiger partial charge in [0.25, 0.3) is 0 Å². The van der Waals surface area contributed by atoms with Crippen molar-refractivity contribution in [3.05, 3.63) is 83.9 Å². The summed E-state index contributed by atoms with van der Waals surface area (Å²) in [5.74, 6) is 0.589. The van der Waals surface area contributed by atoms with Crippen molar-refractivity contribution in [2.45, 2.75) is 24.8 Å². The summed E-state index contributed by atoms with van der Waals surface area (Å²) in [5, 5.41) is 3.42. The second-order valence-corrected chi connectivity index (χ2v) is 7.67. The van der Waals surface area contributed by atoms with Gasteiger partial charge in [-0.05, 0) is 52.6 Å². The zero-order valence-electron chi connectivity index (χ0n) is 15.3. The van der Waals surface area contributed by atoms with E-state index in [1.807, 2.05) is 0 Å². The molecule has 0 amide bonds. The van der Waals surface area contributed by atoms with Crippen molar-refractivity contribution in [2.75, 3.05) is 6.54 Å². The summed E-state index contributed by atoms with van der Waals surface area (Å²) in [5.41, 5.74) is 14.0. The van der Waals surface area contributed by atoms with Crippen LogP contribution in [0.25, 0.3) is 22.3 Å². The number of benzene rings is 3. The smallest absolute Gasteiger partial charge is 0.189 e. The van der Waals surface area contributed by atoms with Gasteiger partial charge in [0, 0.05) is 0 Å². The molecule has 0 aromatic heterocycles. The van der Waals surface area contributed by atoms with E-state index < -0.39 is 0 Å². The van der Waals surface area contributed by atoms with Gasteiger partial charge in [-0.1, -0.05) is 72.8 Å². The first-order valence-corrected chi connectivity index (χ1v) is 9.57. The van der Waals surface area contributed by atoms with Crippen LogP contribution in [0.15, 0.2) is 77.8 Å². The molecule has 0 fully saturated rings. The van der Waals surface area contributed by atoms with Gasteiger partial charge in [-0.2, -0.15) is 0 Å². The molecule has 3 nitrogen and oxygen atoms in total. The maximum Gasteiger partial charge on any atom is 0.189 e. The van der Waals surface area contributed by atoms with Gasteiger partial charge in [0.1, 0.15) is 0 Å². The fourth-order valence-electron chi connectivity index (χ4n) is 4.48. The van der Waals surface area contributed by atoms with Gasteiger partial charge in [0.2, 0.25) is 0 Å². The minimum atomic E-state index is 0.0207. The highest BCUT2D eigenvalue weighted by atomic mass is 15.2. The van der Waals surface area contributed by atoms with Crippen LogP contribution in [-0.2, 0) is 12.8 Å². The first-order chi connectivity index (χ1) is 13.2. The van der Waals surface area contributed by atoms with Crippen molar-refractivity contribution in [1.29, 1.82) is 0 Å². The fraction of sp³-hybridized carbons (Fsp3) is 0.208. The molecule has 3 aromatic rings. The molecule has 3 heteroatoms. The van der Waals surface area contributed by atoms with Crippen LogP contribution in [0.4, 0.5) is 0 Å². The minimum Gasteiger partial charge on any atom is -0.370 e. The standard InChI is InChI=1S/C24H23N3/c25-23-26-16-24(27-23)14-13-22-20(15-24)7-4-8-21(22)19-11-9-18(10-12-19)17-5-2-1-3-6-17/h1-12H,13-16H2,(H3,25,26,27)/t24-/m0/s1. The van der Waals surface area contributed by atoms with E-state index in [1.165, 1.54) is 33.4 Å². The van der Waals surface area contributed by atoms with Gasteiger partial charge in [-0.3, -0.25) is 4.99 Å². The van der Waals surface area contributed by atoms with E-state index in [-0.39, 0.29) is 5.54 Å². The Hall–Kier alpha value is -3.07. The Morgan fingerprint density at radius 2 is 1.56 bits per heavy atom. The average Bonchev–Trinajstić information content (AvgIpc) is 3.08. The molecular weight excluding hydrogens is 330 g/mol. The fourth-order valence-corrected chi connectivity index (χ4v) is 4.48. The number of rotatable bonds is 2. The van der Waals surface area contributed by atoms with Crippen molar-refractivity contribution < 1.29 is 0 Å². The number of guanidine groups is 1. The summed E-state index contributed by atoms with van der Waals surface area (Å²) in [6, 6.07) is 26.2. The Morgan fingerprint density at radius 1 is 0.815 bits per heavy atom. The molecular formula is C24H23N3. The number of aliphatic imine (C=N–C) groups is 1. The zero-order valence-corrected chi connectivity index (χ0v) is 15.3. The Bertz CT molecular complexity index is 1010. The van der Waals surface area contributed by atoms with E-state index in [4.69, 9.17) is 5.73 Å². The lowest BCUT2D eigenvalue weighted by Gasteiger charge is -2.35. The number of nitrogens with zero attached hydrogens (tertiary/aromatic N) is 1. The number of nitrogens with two attached hydrogens (primary N) is 1. The number of hydrogen-bond acceptors (Lipinski definition) is 3. The Labute approximate surface area is 160 Å². The van der Waals surface area contributed by atoms with Crippen molar-refractivity contribution in [2.24, 2.45) is 10.7 Å². The molecule has 134 valence electrons. The normalized spacial score (nSPS) is 20.8. The van der Waals surface area contributed by atoms with E-state index in [2.05, 4.69) is 83.1 Å². The predicted molar refractivity (Wildman–Crippen MR) is 112 cm³/mol. The molecule has 1 aliphatic heterocycles. The molecule has 5 rings (SSSR count). The SMILES string of the molecule is NC1=NC[C@@]2(CCc3c(cccc3-c3ccc(-c4ccccc4)cc3)C2)N1. The summed E-state index contributed by atoms with van der Waals surface area (Å²) in [7, 11) is 0. The highest BCUT2D eigenvalue weighted by molar-refractivity contribution is 5.81. The van der Waals surface area contributed by atoms with Crippen molar-refractivity contribution in [3.8, 4) is 22.3 Å². The zero-order chi connectivity index (χ0) is 18.3. The molecule has 27 heavy (non-hydrogen) atoms. The van der Waals surface area contributed by atoms with Crippen LogP contribution < -0.4 is 11.1 Å². The van der Waals surface area contributed by atoms with Crippen LogP contribution in [0, 0.1) is 0 Å². The summed E-state index contributed by atoms with van der Waals surface area (Å²) >= 11 is 0. The van der Waals surface area contributed by atoms with Crippen LogP contribution >= 0.6 is 0 Å². The first-order valence-electron chi connectivity index (χ1n) is 9.57. The molecule has 2 aliphatic rings. The monoisotopic (exact) mass is 353 g/mol. The third-order valence-electron chi connectivity index (χ3n) is 5.90. The van der Waals surface area contributed by atoms with Gasteiger partial charge in [0.15, 0.2) is 5.96 Å². The number of fused-ring (bicyclic) bond motifs is 1. The first kappa shape index (κ1) is 16.1. The van der Waals surface area contributed by atoms with E-state index in [0.717, 1.165) is 25.8 Å². The van der Waals surface area contributed by atoms with Gasteiger partial charge in [-0.15, -0.1) is 0 Å². The molecule has 1 atom stereocenters. The van der Waals surface area contributed by atoms with Crippen LogP contribution in [-0.4, -0.2) is 18.0 Å². The van der Waals surface area contributed by atoms with Crippen LogP contribution in [0.1, 0.15) is 17.5 Å². The van der Waals surface area contributed by atoms with Crippen LogP contribution in [0.2, 0.25) is 0 Å². The van der Waals surface area contributed by atoms with Gasteiger partial charge in [0.05, 0.1) is 12.1 Å². The maximum absolute atomic E-state index is 5.88. The van der Waals surface area contributed by atoms with Crippen molar-refractivity contribution in [3.63, 3.8) is 0 Å². The van der Waals surface area contributed by atoms with Crippen LogP contribution in [0.3, 0.4) is 0 Å². The summed E-state index contributed by atoms with van der Waals surface area (Å²) in [6.07, 6.45) is 3.12. The Kier molecular flexibility index (Phi) is 3.75. The quantitative estimate of drug-likeness (QED) is 0.727. The molecule has 0 bridgehead atoms. The van der Waals surface area contributed by atoms with Gasteiger partial charge in [-0.25, -0.2) is 0 Å². The molecule has 3 N–H and O–H groups in total. The third kappa shape index (κ3) is 2.89. The third-order valence-corrected chi connectivity index (χ3v) is 5.90. The molecule has 0 unspecified atom stereocenters. The van der Waals surface area contributed by atoms with Crippen LogP contribution in [0.5, 0.6) is 0 Å². The minimum absolute atomic E-state index is 0.0207. The molecule has 0 radical (unpaired) electrons. The Morgan fingerprint density at radius 3 is 2.30 bits per heavy atom. The van der Waals surface area contributed by atoms with E-state index in [9.17, 15) is 0 Å². The van der Waals surface area contributed by atoms with Gasteiger partial charge >= 0.3 is 0 Å². The predicted octanol–water partition coefficient (Wildman–Crippen LogP) is 4.17. The molecule has 0 saturated heterocycles. The van der Waals surface area contributed by atoms with Crippen molar-refractivity contribution >= 4 is 5.96 Å². The van der Waals surface area contributed by atoms with E-state index in [1.54, 1.807) is 0 Å². The van der Waals surface area contributed by atoms with E-state index in [0.29, 0.717) is 5.96 Å². The number of nitrogens with one attached hydrogen (secondary N) is 1. The molecule has 1 aliphatic carbocycles. The lowest BCUT2D eigenvalue weighted by molar-refractivity contribution is 0.362. The second-order valence-electron chi connectivity index (χ2n) is 7.67. The lowest BCUT2D eigenvalue weighted by atomic mass is 9.76. The molecule has 0 saturated carbocycles. The highest BCUT2D eigenvalue weighted by Gasteiger charge is 2.38.